The normalized spacial score (nSPS) is 22.4. The fraction of sp³-hybridized carbons (Fsp3) is 0.429. The van der Waals surface area contributed by atoms with E-state index in [2.05, 4.69) is 25.5 Å². The van der Waals surface area contributed by atoms with E-state index in [0.717, 1.165) is 5.56 Å². The number of aromatic nitrogens is 4. The van der Waals surface area contributed by atoms with Crippen LogP contribution in [0.3, 0.4) is 0 Å². The Morgan fingerprint density at radius 3 is 2.83 bits per heavy atom. The van der Waals surface area contributed by atoms with Gasteiger partial charge in [-0.2, -0.15) is 0 Å². The third-order valence-electron chi connectivity index (χ3n) is 3.70. The molecule has 2 N–H and O–H groups in total. The fourth-order valence-corrected chi connectivity index (χ4v) is 5.25. The number of rotatable bonds is 5. The van der Waals surface area contributed by atoms with E-state index in [4.69, 9.17) is 0 Å². The van der Waals surface area contributed by atoms with Gasteiger partial charge in [-0.3, -0.25) is 14.9 Å². The van der Waals surface area contributed by atoms with Gasteiger partial charge in [0.15, 0.2) is 15.7 Å². The van der Waals surface area contributed by atoms with Gasteiger partial charge in [0.2, 0.25) is 11.1 Å². The summed E-state index contributed by atoms with van der Waals surface area (Å²) in [4.78, 5) is 20.3. The van der Waals surface area contributed by atoms with Crippen molar-refractivity contribution in [1.82, 2.24) is 25.5 Å². The Hall–Kier alpha value is -1.94. The van der Waals surface area contributed by atoms with Gasteiger partial charge in [-0.25, -0.2) is 13.4 Å². The number of nitrogens with zero attached hydrogens (tertiary/aromatic N) is 3. The van der Waals surface area contributed by atoms with Crippen molar-refractivity contribution in [3.63, 3.8) is 0 Å². The lowest BCUT2D eigenvalue weighted by atomic mass is 10.0. The van der Waals surface area contributed by atoms with Crippen LogP contribution in [0.4, 0.5) is 0 Å². The molecule has 0 radical (unpaired) electrons. The largest absolute Gasteiger partial charge is 0.349 e. The van der Waals surface area contributed by atoms with Crippen molar-refractivity contribution < 1.29 is 13.2 Å². The molecule has 1 aliphatic heterocycles. The number of carbonyl (C=O) groups is 1. The molecule has 3 heterocycles. The highest BCUT2D eigenvalue weighted by Gasteiger charge is 2.39. The van der Waals surface area contributed by atoms with Gasteiger partial charge in [0.1, 0.15) is 0 Å². The Morgan fingerprint density at radius 1 is 1.42 bits per heavy atom. The van der Waals surface area contributed by atoms with Crippen LogP contribution >= 0.6 is 11.8 Å². The minimum atomic E-state index is -3.05. The van der Waals surface area contributed by atoms with Crippen molar-refractivity contribution in [3.05, 3.63) is 24.5 Å². The number of thioether (sulfide) groups is 1. The van der Waals surface area contributed by atoms with Crippen molar-refractivity contribution in [3.8, 4) is 11.4 Å². The lowest BCUT2D eigenvalue weighted by molar-refractivity contribution is -0.120. The van der Waals surface area contributed by atoms with Gasteiger partial charge in [-0.15, -0.1) is 5.10 Å². The van der Waals surface area contributed by atoms with E-state index in [9.17, 15) is 13.2 Å². The highest BCUT2D eigenvalue weighted by atomic mass is 32.2. The SMILES string of the molecule is C[C@]1(NC(=O)CSc2n[nH]c(-c3ccncc3)n2)CCS(=O)(=O)C1. The smallest absolute Gasteiger partial charge is 0.230 e. The van der Waals surface area contributed by atoms with E-state index >= 15 is 0 Å². The molecule has 2 aromatic heterocycles. The van der Waals surface area contributed by atoms with Gasteiger partial charge in [-0.1, -0.05) is 11.8 Å². The third kappa shape index (κ3) is 4.12. The highest BCUT2D eigenvalue weighted by molar-refractivity contribution is 7.99. The number of amides is 1. The van der Waals surface area contributed by atoms with Gasteiger partial charge in [0.25, 0.3) is 0 Å². The summed E-state index contributed by atoms with van der Waals surface area (Å²) in [6.45, 7) is 1.76. The zero-order valence-corrected chi connectivity index (χ0v) is 14.7. The summed E-state index contributed by atoms with van der Waals surface area (Å²) in [5, 5.41) is 10.1. The van der Waals surface area contributed by atoms with Crippen molar-refractivity contribution in [2.45, 2.75) is 24.0 Å². The van der Waals surface area contributed by atoms with Crippen LogP contribution in [0.1, 0.15) is 13.3 Å². The van der Waals surface area contributed by atoms with E-state index in [1.165, 1.54) is 11.8 Å². The minimum Gasteiger partial charge on any atom is -0.349 e. The van der Waals surface area contributed by atoms with E-state index < -0.39 is 15.4 Å². The molecule has 1 fully saturated rings. The van der Waals surface area contributed by atoms with Crippen LogP contribution in [0.25, 0.3) is 11.4 Å². The van der Waals surface area contributed by atoms with Gasteiger partial charge in [0.05, 0.1) is 22.8 Å². The average Bonchev–Trinajstić information content (AvgIpc) is 3.10. The quantitative estimate of drug-likeness (QED) is 0.745. The number of hydrogen-bond acceptors (Lipinski definition) is 7. The van der Waals surface area contributed by atoms with Gasteiger partial charge >= 0.3 is 0 Å². The van der Waals surface area contributed by atoms with Crippen LogP contribution in [-0.4, -0.2) is 57.3 Å². The molecule has 0 aliphatic carbocycles. The van der Waals surface area contributed by atoms with Crippen LogP contribution in [0.2, 0.25) is 0 Å². The topological polar surface area (TPSA) is 118 Å². The maximum atomic E-state index is 12.1. The molecule has 3 rings (SSSR count). The second-order valence-electron chi connectivity index (χ2n) is 5.94. The molecule has 0 aromatic carbocycles. The number of hydrogen-bond donors (Lipinski definition) is 2. The van der Waals surface area contributed by atoms with E-state index in [-0.39, 0.29) is 23.2 Å². The van der Waals surface area contributed by atoms with E-state index in [1.54, 1.807) is 19.3 Å². The summed E-state index contributed by atoms with van der Waals surface area (Å²) >= 11 is 1.20. The molecule has 1 aliphatic rings. The maximum Gasteiger partial charge on any atom is 0.230 e. The van der Waals surface area contributed by atoms with Gasteiger partial charge in [0, 0.05) is 18.0 Å². The third-order valence-corrected chi connectivity index (χ3v) is 6.45. The molecule has 1 saturated heterocycles. The Kier molecular flexibility index (Phi) is 4.59. The van der Waals surface area contributed by atoms with Crippen molar-refractivity contribution in [2.75, 3.05) is 17.3 Å². The number of nitrogens with one attached hydrogen (secondary N) is 2. The second-order valence-corrected chi connectivity index (χ2v) is 9.07. The summed E-state index contributed by atoms with van der Waals surface area (Å²) in [5.74, 6) is 0.614. The van der Waals surface area contributed by atoms with Crippen LogP contribution in [0.15, 0.2) is 29.7 Å². The summed E-state index contributed by atoms with van der Waals surface area (Å²) in [6.07, 6.45) is 3.77. The summed E-state index contributed by atoms with van der Waals surface area (Å²) in [6, 6.07) is 3.62. The Labute approximate surface area is 143 Å². The molecule has 8 nitrogen and oxygen atoms in total. The van der Waals surface area contributed by atoms with Crippen LogP contribution in [0.5, 0.6) is 0 Å². The number of pyridine rings is 1. The molecule has 10 heteroatoms. The fourth-order valence-electron chi connectivity index (χ4n) is 2.56. The number of aromatic amines is 1. The average molecular weight is 367 g/mol. The first-order valence-electron chi connectivity index (χ1n) is 7.32. The predicted octanol–water partition coefficient (Wildman–Crippen LogP) is 0.652. The lowest BCUT2D eigenvalue weighted by Crippen LogP contribution is -2.47. The zero-order valence-electron chi connectivity index (χ0n) is 13.0. The number of sulfone groups is 1. The molecule has 0 bridgehead atoms. The molecular weight excluding hydrogens is 350 g/mol. The maximum absolute atomic E-state index is 12.1. The van der Waals surface area contributed by atoms with Crippen molar-refractivity contribution >= 4 is 27.5 Å². The Bertz CT molecular complexity index is 837. The second kappa shape index (κ2) is 6.52. The number of H-pyrrole nitrogens is 1. The molecule has 0 saturated carbocycles. The monoisotopic (exact) mass is 367 g/mol. The molecule has 0 spiro atoms. The van der Waals surface area contributed by atoms with E-state index in [0.29, 0.717) is 17.4 Å². The molecule has 0 unspecified atom stereocenters. The molecule has 24 heavy (non-hydrogen) atoms. The van der Waals surface area contributed by atoms with Crippen LogP contribution in [-0.2, 0) is 14.6 Å². The summed E-state index contributed by atoms with van der Waals surface area (Å²) < 4.78 is 23.1. The molecule has 1 atom stereocenters. The zero-order chi connectivity index (χ0) is 17.2. The molecule has 1 amide bonds. The van der Waals surface area contributed by atoms with Gasteiger partial charge < -0.3 is 5.32 Å². The van der Waals surface area contributed by atoms with Crippen molar-refractivity contribution in [1.29, 1.82) is 0 Å². The number of carbonyl (C=O) groups excluding carboxylic acids is 1. The van der Waals surface area contributed by atoms with Crippen LogP contribution in [0, 0.1) is 0 Å². The minimum absolute atomic E-state index is 0.0107. The lowest BCUT2D eigenvalue weighted by Gasteiger charge is -2.23. The highest BCUT2D eigenvalue weighted by Crippen LogP contribution is 2.23. The predicted molar refractivity (Wildman–Crippen MR) is 90.2 cm³/mol. The van der Waals surface area contributed by atoms with E-state index in [1.807, 2.05) is 12.1 Å². The van der Waals surface area contributed by atoms with Gasteiger partial charge in [-0.05, 0) is 25.5 Å². The molecule has 128 valence electrons. The Morgan fingerprint density at radius 2 is 2.17 bits per heavy atom. The van der Waals surface area contributed by atoms with Crippen molar-refractivity contribution in [2.24, 2.45) is 0 Å². The summed E-state index contributed by atoms with van der Waals surface area (Å²) in [5.41, 5.74) is 0.176. The molecular formula is C14H17N5O3S2. The first-order valence-corrected chi connectivity index (χ1v) is 10.1. The first kappa shape index (κ1) is 16.9. The molecule has 2 aromatic rings. The Balaban J connectivity index is 1.55. The first-order chi connectivity index (χ1) is 11.4. The standard InChI is InChI=1S/C14H17N5O3S2/c1-14(4-7-24(21,22)9-14)17-11(20)8-23-13-16-12(18-19-13)10-2-5-15-6-3-10/h2-3,5-6H,4,7-9H2,1H3,(H,17,20)(H,16,18,19)/t14-/m0/s1. The van der Waals surface area contributed by atoms with Crippen LogP contribution < -0.4 is 5.32 Å². The summed E-state index contributed by atoms with van der Waals surface area (Å²) in [7, 11) is -3.05.